The summed E-state index contributed by atoms with van der Waals surface area (Å²) in [6.07, 6.45) is -0.108. The summed E-state index contributed by atoms with van der Waals surface area (Å²) in [6, 6.07) is 2.90. The summed E-state index contributed by atoms with van der Waals surface area (Å²) >= 11 is 11.5. The molecule has 82 valence electrons. The van der Waals surface area contributed by atoms with E-state index in [0.29, 0.717) is 0 Å². The van der Waals surface area contributed by atoms with Crippen molar-refractivity contribution in [3.05, 3.63) is 32.3 Å². The van der Waals surface area contributed by atoms with Gasteiger partial charge in [-0.15, -0.1) is 0 Å². The lowest BCUT2D eigenvalue weighted by Gasteiger charge is -2.11. The Hall–Kier alpha value is -1.00. The van der Waals surface area contributed by atoms with Crippen molar-refractivity contribution in [3.63, 3.8) is 0 Å². The van der Waals surface area contributed by atoms with Gasteiger partial charge in [-0.3, -0.25) is 10.1 Å². The molecule has 1 aromatic carbocycles. The van der Waals surface area contributed by atoms with Crippen LogP contribution in [0.1, 0.15) is 13.8 Å². The molecule has 0 saturated heterocycles. The van der Waals surface area contributed by atoms with Gasteiger partial charge in [-0.25, -0.2) is 0 Å². The van der Waals surface area contributed by atoms with Gasteiger partial charge in [-0.2, -0.15) is 0 Å². The van der Waals surface area contributed by atoms with Gasteiger partial charge in [0, 0.05) is 0 Å². The Morgan fingerprint density at radius 2 is 2.00 bits per heavy atom. The Labute approximate surface area is 96.9 Å². The third-order valence-electron chi connectivity index (χ3n) is 1.58. The fourth-order valence-electron chi connectivity index (χ4n) is 1.03. The highest BCUT2D eigenvalue weighted by molar-refractivity contribution is 6.39. The highest BCUT2D eigenvalue weighted by Crippen LogP contribution is 2.39. The molecule has 0 fully saturated rings. The Kier molecular flexibility index (Phi) is 3.77. The van der Waals surface area contributed by atoms with Crippen LogP contribution in [0.4, 0.5) is 5.69 Å². The molecule has 0 aliphatic rings. The molecule has 0 aromatic heterocycles. The van der Waals surface area contributed by atoms with Crippen molar-refractivity contribution in [3.8, 4) is 5.75 Å². The summed E-state index contributed by atoms with van der Waals surface area (Å²) in [5.74, 6) is 0.266. The predicted octanol–water partition coefficient (Wildman–Crippen LogP) is 3.69. The molecule has 0 amide bonds. The molecule has 1 aromatic rings. The Balaban J connectivity index is 3.22. The number of nitrogens with zero attached hydrogens (tertiary/aromatic N) is 1. The normalized spacial score (nSPS) is 10.5. The molecule has 1 rings (SSSR count). The highest BCUT2D eigenvalue weighted by atomic mass is 35.5. The number of hydrogen-bond acceptors (Lipinski definition) is 3. The van der Waals surface area contributed by atoms with Crippen LogP contribution in [-0.4, -0.2) is 11.0 Å². The molecule has 6 heteroatoms. The fourth-order valence-corrected chi connectivity index (χ4v) is 1.59. The number of rotatable bonds is 3. The first-order valence-corrected chi connectivity index (χ1v) is 4.98. The molecule has 0 atom stereocenters. The van der Waals surface area contributed by atoms with Gasteiger partial charge in [0.25, 0.3) is 0 Å². The molecule has 0 heterocycles. The van der Waals surface area contributed by atoms with Crippen LogP contribution in [-0.2, 0) is 0 Å². The van der Waals surface area contributed by atoms with Crippen molar-refractivity contribution in [1.82, 2.24) is 0 Å². The van der Waals surface area contributed by atoms with E-state index >= 15 is 0 Å². The minimum absolute atomic E-state index is 0.00102. The molecule has 4 nitrogen and oxygen atoms in total. The van der Waals surface area contributed by atoms with Crippen LogP contribution >= 0.6 is 23.2 Å². The number of nitro benzene ring substituents is 1. The smallest absolute Gasteiger partial charge is 0.310 e. The van der Waals surface area contributed by atoms with Gasteiger partial charge in [-0.05, 0) is 26.0 Å². The molecule has 0 aliphatic carbocycles. The maximum absolute atomic E-state index is 10.7. The second-order valence-corrected chi connectivity index (χ2v) is 3.92. The molecule has 0 aliphatic heterocycles. The summed E-state index contributed by atoms with van der Waals surface area (Å²) in [5, 5.41) is 10.6. The Bertz CT molecular complexity index is 393. The number of hydrogen-bond donors (Lipinski definition) is 0. The van der Waals surface area contributed by atoms with Crippen LogP contribution < -0.4 is 4.74 Å². The van der Waals surface area contributed by atoms with E-state index in [0.717, 1.165) is 0 Å². The lowest BCUT2D eigenvalue weighted by Crippen LogP contribution is -2.06. The zero-order valence-electron chi connectivity index (χ0n) is 8.16. The van der Waals surface area contributed by atoms with Crippen molar-refractivity contribution in [2.45, 2.75) is 20.0 Å². The molecular formula is C9H9Cl2NO3. The average Bonchev–Trinajstić information content (AvgIpc) is 2.09. The maximum Gasteiger partial charge on any atom is 0.310 e. The van der Waals surface area contributed by atoms with Crippen LogP contribution in [0, 0.1) is 10.1 Å². The van der Waals surface area contributed by atoms with Gasteiger partial charge in [0.2, 0.25) is 0 Å². The fraction of sp³-hybridized carbons (Fsp3) is 0.333. The summed E-state index contributed by atoms with van der Waals surface area (Å²) in [5.41, 5.74) is -0.323. The lowest BCUT2D eigenvalue weighted by atomic mass is 10.3. The second-order valence-electron chi connectivity index (χ2n) is 3.13. The highest BCUT2D eigenvalue weighted by Gasteiger charge is 2.22. The van der Waals surface area contributed by atoms with Crippen molar-refractivity contribution >= 4 is 28.9 Å². The van der Waals surface area contributed by atoms with Crippen molar-refractivity contribution in [1.29, 1.82) is 0 Å². The number of halogens is 2. The monoisotopic (exact) mass is 249 g/mol. The summed E-state index contributed by atoms with van der Waals surface area (Å²) in [4.78, 5) is 10.0. The van der Waals surface area contributed by atoms with Crippen LogP contribution in [0.5, 0.6) is 5.75 Å². The summed E-state index contributed by atoms with van der Waals surface area (Å²) < 4.78 is 5.30. The molecule has 0 saturated carbocycles. The maximum atomic E-state index is 10.7. The van der Waals surface area contributed by atoms with Crippen LogP contribution in [0.2, 0.25) is 10.0 Å². The van der Waals surface area contributed by atoms with E-state index in [1.54, 1.807) is 13.8 Å². The zero-order chi connectivity index (χ0) is 11.6. The number of benzene rings is 1. The Morgan fingerprint density at radius 1 is 1.40 bits per heavy atom. The van der Waals surface area contributed by atoms with Gasteiger partial charge >= 0.3 is 5.69 Å². The molecule has 0 spiro atoms. The van der Waals surface area contributed by atoms with Gasteiger partial charge in [0.05, 0.1) is 11.0 Å². The van der Waals surface area contributed by atoms with Gasteiger partial charge in [0.1, 0.15) is 10.8 Å². The molecular weight excluding hydrogens is 241 g/mol. The van der Waals surface area contributed by atoms with Gasteiger partial charge < -0.3 is 4.74 Å². The van der Waals surface area contributed by atoms with Crippen molar-refractivity contribution in [2.24, 2.45) is 0 Å². The van der Waals surface area contributed by atoms with Crippen molar-refractivity contribution < 1.29 is 9.66 Å². The molecule has 0 bridgehead atoms. The molecule has 15 heavy (non-hydrogen) atoms. The zero-order valence-corrected chi connectivity index (χ0v) is 9.67. The lowest BCUT2D eigenvalue weighted by molar-refractivity contribution is -0.384. The quantitative estimate of drug-likeness (QED) is 0.607. The van der Waals surface area contributed by atoms with Crippen LogP contribution in [0.25, 0.3) is 0 Å². The first-order chi connectivity index (χ1) is 6.93. The molecule has 0 radical (unpaired) electrons. The second kappa shape index (κ2) is 4.68. The first kappa shape index (κ1) is 12.1. The van der Waals surface area contributed by atoms with Crippen LogP contribution in [0.3, 0.4) is 0 Å². The average molecular weight is 250 g/mol. The van der Waals surface area contributed by atoms with Gasteiger partial charge in [0.15, 0.2) is 5.02 Å². The van der Waals surface area contributed by atoms with Crippen molar-refractivity contribution in [2.75, 3.05) is 0 Å². The van der Waals surface area contributed by atoms with Crippen LogP contribution in [0.15, 0.2) is 12.1 Å². The third-order valence-corrected chi connectivity index (χ3v) is 2.25. The van der Waals surface area contributed by atoms with E-state index in [9.17, 15) is 10.1 Å². The Morgan fingerprint density at radius 3 is 2.47 bits per heavy atom. The predicted molar refractivity (Wildman–Crippen MR) is 58.9 cm³/mol. The first-order valence-electron chi connectivity index (χ1n) is 4.22. The molecule has 0 N–H and O–H groups in total. The SMILES string of the molecule is CC(C)Oc1ccc(Cl)c([N+](=O)[O-])c1Cl. The topological polar surface area (TPSA) is 52.4 Å². The standard InChI is InChI=1S/C9H9Cl2NO3/c1-5(2)15-7-4-3-6(10)9(8(7)11)12(13)14/h3-5H,1-2H3. The summed E-state index contributed by atoms with van der Waals surface area (Å²) in [7, 11) is 0. The van der Waals surface area contributed by atoms with E-state index in [1.165, 1.54) is 12.1 Å². The van der Waals surface area contributed by atoms with E-state index in [1.807, 2.05) is 0 Å². The van der Waals surface area contributed by atoms with Gasteiger partial charge in [-0.1, -0.05) is 23.2 Å². The largest absolute Gasteiger partial charge is 0.489 e. The van der Waals surface area contributed by atoms with E-state index in [-0.39, 0.29) is 27.6 Å². The van der Waals surface area contributed by atoms with E-state index in [4.69, 9.17) is 27.9 Å². The van der Waals surface area contributed by atoms with E-state index in [2.05, 4.69) is 0 Å². The molecule has 0 unspecified atom stereocenters. The third kappa shape index (κ3) is 2.73. The number of ether oxygens (including phenoxy) is 1. The van der Waals surface area contributed by atoms with E-state index < -0.39 is 4.92 Å². The summed E-state index contributed by atoms with van der Waals surface area (Å²) in [6.45, 7) is 3.60. The minimum atomic E-state index is -0.627. The number of nitro groups is 1. The minimum Gasteiger partial charge on any atom is -0.489 e.